The first kappa shape index (κ1) is 22.0. The third-order valence-corrected chi connectivity index (χ3v) is 4.93. The summed E-state index contributed by atoms with van der Waals surface area (Å²) in [7, 11) is 0. The van der Waals surface area contributed by atoms with Gasteiger partial charge in [-0.15, -0.1) is 24.0 Å². The lowest BCUT2D eigenvalue weighted by molar-refractivity contribution is 0.140. The molecule has 7 heteroatoms. The molecule has 1 atom stereocenters. The Labute approximate surface area is 182 Å². The molecule has 0 radical (unpaired) electrons. The van der Waals surface area contributed by atoms with Crippen molar-refractivity contribution in [3.8, 4) is 5.75 Å². The van der Waals surface area contributed by atoms with Crippen molar-refractivity contribution in [1.29, 1.82) is 0 Å². The topological polar surface area (TPSA) is 54.9 Å². The molecule has 0 aliphatic carbocycles. The zero-order chi connectivity index (χ0) is 18.2. The second-order valence-electron chi connectivity index (χ2n) is 6.39. The summed E-state index contributed by atoms with van der Waals surface area (Å²) >= 11 is 1.70. The molecule has 1 aromatic heterocycles. The van der Waals surface area contributed by atoms with Crippen molar-refractivity contribution in [2.24, 2.45) is 4.99 Å². The Morgan fingerprint density at radius 2 is 2.22 bits per heavy atom. The second kappa shape index (κ2) is 11.5. The number of rotatable bonds is 7. The molecule has 1 aliphatic rings. The van der Waals surface area contributed by atoms with E-state index in [-0.39, 0.29) is 30.1 Å². The number of thiophene rings is 1. The Kier molecular flexibility index (Phi) is 9.36. The van der Waals surface area contributed by atoms with Crippen molar-refractivity contribution in [3.05, 3.63) is 51.7 Å². The smallest absolute Gasteiger partial charge is 0.191 e. The standard InChI is InChI=1S/C20H27N3O2S.HI/c1-3-21-20(22-11-16-7-9-26-14-16)23-12-17-5-4-15(2)10-19(17)25-18-6-8-24-13-18;/h4-5,7,9-10,14,18H,3,6,8,11-13H2,1-2H3,(H2,21,22,23);1H. The lowest BCUT2D eigenvalue weighted by atomic mass is 10.1. The number of nitrogens with zero attached hydrogens (tertiary/aromatic N) is 1. The van der Waals surface area contributed by atoms with E-state index in [4.69, 9.17) is 9.47 Å². The SMILES string of the molecule is CCNC(=NCc1ccsc1)NCc1ccc(C)cc1OC1CCOC1.I. The molecule has 1 aromatic carbocycles. The van der Waals surface area contributed by atoms with Crippen LogP contribution in [0.2, 0.25) is 0 Å². The summed E-state index contributed by atoms with van der Waals surface area (Å²) in [5.74, 6) is 1.75. The highest BCUT2D eigenvalue weighted by Crippen LogP contribution is 2.23. The third-order valence-electron chi connectivity index (χ3n) is 4.19. The van der Waals surface area contributed by atoms with E-state index in [0.29, 0.717) is 19.7 Å². The highest BCUT2D eigenvalue weighted by molar-refractivity contribution is 14.0. The quantitative estimate of drug-likeness (QED) is 0.341. The van der Waals surface area contributed by atoms with Gasteiger partial charge in [0.05, 0.1) is 19.8 Å². The number of hydrogen-bond acceptors (Lipinski definition) is 4. The Bertz CT molecular complexity index is 716. The summed E-state index contributed by atoms with van der Waals surface area (Å²) in [4.78, 5) is 4.66. The zero-order valence-electron chi connectivity index (χ0n) is 15.9. The van der Waals surface area contributed by atoms with Crippen molar-refractivity contribution >= 4 is 41.3 Å². The largest absolute Gasteiger partial charge is 0.488 e. The molecule has 1 unspecified atom stereocenters. The average Bonchev–Trinajstić information content (AvgIpc) is 3.32. The number of benzene rings is 1. The highest BCUT2D eigenvalue weighted by atomic mass is 127. The van der Waals surface area contributed by atoms with Crippen molar-refractivity contribution in [3.63, 3.8) is 0 Å². The number of halogens is 1. The maximum atomic E-state index is 6.17. The van der Waals surface area contributed by atoms with Crippen LogP contribution in [0.15, 0.2) is 40.0 Å². The molecule has 0 amide bonds. The number of guanidine groups is 1. The fourth-order valence-electron chi connectivity index (χ4n) is 2.78. The van der Waals surface area contributed by atoms with Crippen molar-refractivity contribution in [2.45, 2.75) is 39.5 Å². The summed E-state index contributed by atoms with van der Waals surface area (Å²) in [6, 6.07) is 8.44. The summed E-state index contributed by atoms with van der Waals surface area (Å²) in [6.45, 7) is 7.78. The van der Waals surface area contributed by atoms with Crippen LogP contribution in [0.5, 0.6) is 5.75 Å². The van der Waals surface area contributed by atoms with Gasteiger partial charge in [-0.1, -0.05) is 12.1 Å². The Morgan fingerprint density at radius 1 is 1.33 bits per heavy atom. The minimum Gasteiger partial charge on any atom is -0.488 e. The zero-order valence-corrected chi connectivity index (χ0v) is 19.0. The second-order valence-corrected chi connectivity index (χ2v) is 7.17. The molecule has 1 fully saturated rings. The van der Waals surface area contributed by atoms with Gasteiger partial charge >= 0.3 is 0 Å². The van der Waals surface area contributed by atoms with Gasteiger partial charge < -0.3 is 20.1 Å². The van der Waals surface area contributed by atoms with Crippen molar-refractivity contribution in [2.75, 3.05) is 19.8 Å². The highest BCUT2D eigenvalue weighted by Gasteiger charge is 2.18. The van der Waals surface area contributed by atoms with E-state index < -0.39 is 0 Å². The molecule has 3 rings (SSSR count). The summed E-state index contributed by atoms with van der Waals surface area (Å²) in [6.07, 6.45) is 1.10. The first-order valence-electron chi connectivity index (χ1n) is 9.11. The van der Waals surface area contributed by atoms with E-state index in [1.54, 1.807) is 11.3 Å². The fraction of sp³-hybridized carbons (Fsp3) is 0.450. The molecule has 27 heavy (non-hydrogen) atoms. The normalized spacial score (nSPS) is 16.7. The van der Waals surface area contributed by atoms with Gasteiger partial charge in [-0.05, 0) is 47.9 Å². The van der Waals surface area contributed by atoms with E-state index in [1.807, 2.05) is 0 Å². The molecule has 5 nitrogen and oxygen atoms in total. The molecule has 0 bridgehead atoms. The van der Waals surface area contributed by atoms with E-state index >= 15 is 0 Å². The van der Waals surface area contributed by atoms with Crippen molar-refractivity contribution < 1.29 is 9.47 Å². The summed E-state index contributed by atoms with van der Waals surface area (Å²) in [5.41, 5.74) is 3.55. The molecule has 0 saturated carbocycles. The first-order valence-corrected chi connectivity index (χ1v) is 10.1. The number of ether oxygens (including phenoxy) is 2. The molecule has 1 aliphatic heterocycles. The predicted molar refractivity (Wildman–Crippen MR) is 122 cm³/mol. The lowest BCUT2D eigenvalue weighted by Gasteiger charge is -2.18. The van der Waals surface area contributed by atoms with Gasteiger partial charge in [-0.25, -0.2) is 4.99 Å². The van der Waals surface area contributed by atoms with Crippen LogP contribution >= 0.6 is 35.3 Å². The Balaban J connectivity index is 0.00000261. The van der Waals surface area contributed by atoms with Crippen LogP contribution in [-0.4, -0.2) is 31.8 Å². The predicted octanol–water partition coefficient (Wildman–Crippen LogP) is 4.10. The number of aliphatic imine (C=N–C) groups is 1. The number of nitrogens with one attached hydrogen (secondary N) is 2. The van der Waals surface area contributed by atoms with Crippen molar-refractivity contribution in [1.82, 2.24) is 10.6 Å². The monoisotopic (exact) mass is 501 g/mol. The van der Waals surface area contributed by atoms with Gasteiger partial charge in [0.25, 0.3) is 0 Å². The van der Waals surface area contributed by atoms with Gasteiger partial charge in [-0.3, -0.25) is 0 Å². The van der Waals surface area contributed by atoms with Crippen LogP contribution in [0.4, 0.5) is 0 Å². The number of aryl methyl sites for hydroxylation is 1. The Hall–Kier alpha value is -1.32. The van der Waals surface area contributed by atoms with Crippen LogP contribution < -0.4 is 15.4 Å². The minimum atomic E-state index is 0. The van der Waals surface area contributed by atoms with Gasteiger partial charge in [0, 0.05) is 25.1 Å². The van der Waals surface area contributed by atoms with E-state index in [9.17, 15) is 0 Å². The number of hydrogen-bond donors (Lipinski definition) is 2. The molecule has 148 valence electrons. The van der Waals surface area contributed by atoms with E-state index in [0.717, 1.165) is 36.8 Å². The first-order chi connectivity index (χ1) is 12.7. The van der Waals surface area contributed by atoms with E-state index in [1.165, 1.54) is 11.1 Å². The molecule has 2 aromatic rings. The van der Waals surface area contributed by atoms with Crippen LogP contribution in [-0.2, 0) is 17.8 Å². The summed E-state index contributed by atoms with van der Waals surface area (Å²) < 4.78 is 11.6. The molecule has 2 heterocycles. The minimum absolute atomic E-state index is 0. The van der Waals surface area contributed by atoms with Gasteiger partial charge in [0.1, 0.15) is 11.9 Å². The summed E-state index contributed by atoms with van der Waals surface area (Å²) in [5, 5.41) is 10.9. The molecule has 0 spiro atoms. The third kappa shape index (κ3) is 6.97. The Morgan fingerprint density at radius 3 is 2.93 bits per heavy atom. The van der Waals surface area contributed by atoms with Gasteiger partial charge in [-0.2, -0.15) is 11.3 Å². The van der Waals surface area contributed by atoms with Crippen LogP contribution in [0.1, 0.15) is 30.0 Å². The van der Waals surface area contributed by atoms with Crippen LogP contribution in [0.25, 0.3) is 0 Å². The van der Waals surface area contributed by atoms with Crippen LogP contribution in [0.3, 0.4) is 0 Å². The molecule has 2 N–H and O–H groups in total. The maximum Gasteiger partial charge on any atom is 0.191 e. The van der Waals surface area contributed by atoms with Gasteiger partial charge in [0.15, 0.2) is 5.96 Å². The molecular weight excluding hydrogens is 473 g/mol. The molecule has 1 saturated heterocycles. The fourth-order valence-corrected chi connectivity index (χ4v) is 3.44. The lowest BCUT2D eigenvalue weighted by Crippen LogP contribution is -2.37. The van der Waals surface area contributed by atoms with Gasteiger partial charge in [0.2, 0.25) is 0 Å². The molecular formula is C20H28IN3O2S. The average molecular weight is 501 g/mol. The van der Waals surface area contributed by atoms with Crippen LogP contribution in [0, 0.1) is 6.92 Å². The van der Waals surface area contributed by atoms with E-state index in [2.05, 4.69) is 64.5 Å². The maximum absolute atomic E-state index is 6.17.